The number of ether oxygens (including phenoxy) is 1. The molecule has 0 radical (unpaired) electrons. The molecule has 0 saturated heterocycles. The van der Waals surface area contributed by atoms with Crippen molar-refractivity contribution in [1.29, 1.82) is 0 Å². The van der Waals surface area contributed by atoms with Crippen molar-refractivity contribution >= 4 is 28.6 Å². The minimum absolute atomic E-state index is 0.318. The average Bonchev–Trinajstić information content (AvgIpc) is 2.43. The van der Waals surface area contributed by atoms with E-state index in [2.05, 4.69) is 40.7 Å². The number of halogens is 1. The van der Waals surface area contributed by atoms with E-state index < -0.39 is 0 Å². The first-order valence-corrected chi connectivity index (χ1v) is 7.26. The fourth-order valence-corrected chi connectivity index (χ4v) is 2.29. The molecule has 0 heterocycles. The largest absolute Gasteiger partial charge is 0.493 e. The SMILES string of the molecule is SCC(COc1ccc(Br)cc1)c1ccccc1. The van der Waals surface area contributed by atoms with Crippen LogP contribution in [0.25, 0.3) is 0 Å². The van der Waals surface area contributed by atoms with Crippen molar-refractivity contribution in [3.8, 4) is 5.75 Å². The fourth-order valence-electron chi connectivity index (χ4n) is 1.71. The topological polar surface area (TPSA) is 9.23 Å². The molecule has 0 aliphatic heterocycles. The van der Waals surface area contributed by atoms with Gasteiger partial charge < -0.3 is 4.74 Å². The summed E-state index contributed by atoms with van der Waals surface area (Å²) in [6.45, 7) is 0.648. The lowest BCUT2D eigenvalue weighted by Gasteiger charge is -2.16. The van der Waals surface area contributed by atoms with Crippen LogP contribution >= 0.6 is 28.6 Å². The lowest BCUT2D eigenvalue weighted by molar-refractivity contribution is 0.297. The Morgan fingerprint density at radius 3 is 2.28 bits per heavy atom. The van der Waals surface area contributed by atoms with Crippen LogP contribution in [0.1, 0.15) is 11.5 Å². The molecule has 3 heteroatoms. The van der Waals surface area contributed by atoms with Gasteiger partial charge in [-0.2, -0.15) is 12.6 Å². The molecule has 0 N–H and O–H groups in total. The molecule has 0 fully saturated rings. The number of hydrogen-bond donors (Lipinski definition) is 1. The second kappa shape index (κ2) is 6.86. The Bertz CT molecular complexity index is 470. The van der Waals surface area contributed by atoms with Gasteiger partial charge in [0.15, 0.2) is 0 Å². The molecular formula is C15H15BrOS. The maximum Gasteiger partial charge on any atom is 0.119 e. The van der Waals surface area contributed by atoms with Crippen LogP contribution in [-0.2, 0) is 0 Å². The standard InChI is InChI=1S/C15H15BrOS/c16-14-6-8-15(9-7-14)17-10-13(11-18)12-4-2-1-3-5-12/h1-9,13,18H,10-11H2. The van der Waals surface area contributed by atoms with E-state index in [1.54, 1.807) is 0 Å². The smallest absolute Gasteiger partial charge is 0.119 e. The first kappa shape index (κ1) is 13.5. The zero-order valence-corrected chi connectivity index (χ0v) is 12.4. The summed E-state index contributed by atoms with van der Waals surface area (Å²) in [5, 5.41) is 0. The normalized spacial score (nSPS) is 12.1. The Morgan fingerprint density at radius 1 is 1.00 bits per heavy atom. The molecule has 0 aliphatic rings. The van der Waals surface area contributed by atoms with Gasteiger partial charge in [0.2, 0.25) is 0 Å². The fraction of sp³-hybridized carbons (Fsp3) is 0.200. The van der Waals surface area contributed by atoms with Crippen LogP contribution in [0.2, 0.25) is 0 Å². The second-order valence-corrected chi connectivity index (χ2v) is 5.34. The monoisotopic (exact) mass is 322 g/mol. The lowest BCUT2D eigenvalue weighted by Crippen LogP contribution is -2.11. The van der Waals surface area contributed by atoms with E-state index >= 15 is 0 Å². The third kappa shape index (κ3) is 3.79. The Balaban J connectivity index is 1.97. The highest BCUT2D eigenvalue weighted by Crippen LogP contribution is 2.21. The zero-order valence-electron chi connectivity index (χ0n) is 9.92. The van der Waals surface area contributed by atoms with Crippen molar-refractivity contribution in [2.45, 2.75) is 5.92 Å². The van der Waals surface area contributed by atoms with Crippen molar-refractivity contribution in [2.75, 3.05) is 12.4 Å². The van der Waals surface area contributed by atoms with Gasteiger partial charge in [0.1, 0.15) is 5.75 Å². The molecule has 1 atom stereocenters. The van der Waals surface area contributed by atoms with E-state index in [-0.39, 0.29) is 0 Å². The van der Waals surface area contributed by atoms with Crippen molar-refractivity contribution in [3.63, 3.8) is 0 Å². The minimum atomic E-state index is 0.318. The third-order valence-electron chi connectivity index (χ3n) is 2.76. The van der Waals surface area contributed by atoms with Crippen molar-refractivity contribution in [1.82, 2.24) is 0 Å². The Hall–Kier alpha value is -0.930. The molecule has 0 aliphatic carbocycles. The Morgan fingerprint density at radius 2 is 1.67 bits per heavy atom. The summed E-state index contributed by atoms with van der Waals surface area (Å²) in [7, 11) is 0. The van der Waals surface area contributed by atoms with Gasteiger partial charge in [-0.15, -0.1) is 0 Å². The van der Waals surface area contributed by atoms with Gasteiger partial charge >= 0.3 is 0 Å². The summed E-state index contributed by atoms with van der Waals surface area (Å²) >= 11 is 7.81. The predicted molar refractivity (Wildman–Crippen MR) is 82.7 cm³/mol. The maximum absolute atomic E-state index is 5.80. The lowest BCUT2D eigenvalue weighted by atomic mass is 10.0. The molecule has 0 aromatic heterocycles. The summed E-state index contributed by atoms with van der Waals surface area (Å²) in [6.07, 6.45) is 0. The molecule has 1 nitrogen and oxygen atoms in total. The molecule has 2 aromatic carbocycles. The van der Waals surface area contributed by atoms with E-state index in [0.29, 0.717) is 12.5 Å². The molecule has 0 saturated carbocycles. The molecule has 2 rings (SSSR count). The summed E-state index contributed by atoms with van der Waals surface area (Å²) < 4.78 is 6.86. The third-order valence-corrected chi connectivity index (χ3v) is 3.73. The highest BCUT2D eigenvalue weighted by Gasteiger charge is 2.10. The zero-order chi connectivity index (χ0) is 12.8. The molecule has 1 unspecified atom stereocenters. The van der Waals surface area contributed by atoms with Gasteiger partial charge in [0, 0.05) is 16.1 Å². The van der Waals surface area contributed by atoms with E-state index in [1.807, 2.05) is 42.5 Å². The maximum atomic E-state index is 5.80. The van der Waals surface area contributed by atoms with Crippen LogP contribution in [-0.4, -0.2) is 12.4 Å². The molecule has 0 bridgehead atoms. The highest BCUT2D eigenvalue weighted by molar-refractivity contribution is 9.10. The predicted octanol–water partition coefficient (Wildman–Crippen LogP) is 4.54. The first-order valence-electron chi connectivity index (χ1n) is 5.84. The van der Waals surface area contributed by atoms with Gasteiger partial charge in [-0.3, -0.25) is 0 Å². The van der Waals surface area contributed by atoms with Crippen LogP contribution < -0.4 is 4.74 Å². The molecule has 0 amide bonds. The van der Waals surface area contributed by atoms with Gasteiger partial charge in [-0.05, 0) is 29.8 Å². The van der Waals surface area contributed by atoms with Gasteiger partial charge in [-0.1, -0.05) is 46.3 Å². The van der Waals surface area contributed by atoms with Gasteiger partial charge in [0.05, 0.1) is 6.61 Å². The van der Waals surface area contributed by atoms with Crippen LogP contribution in [0.4, 0.5) is 0 Å². The first-order chi connectivity index (χ1) is 8.79. The van der Waals surface area contributed by atoms with Crippen LogP contribution in [0.5, 0.6) is 5.75 Å². The van der Waals surface area contributed by atoms with Crippen LogP contribution in [0, 0.1) is 0 Å². The summed E-state index contributed by atoms with van der Waals surface area (Å²) in [6, 6.07) is 18.2. The number of rotatable bonds is 5. The highest BCUT2D eigenvalue weighted by atomic mass is 79.9. The van der Waals surface area contributed by atoms with Crippen LogP contribution in [0.3, 0.4) is 0 Å². The molecule has 94 valence electrons. The summed E-state index contributed by atoms with van der Waals surface area (Å²) in [5.74, 6) is 1.99. The molecule has 18 heavy (non-hydrogen) atoms. The summed E-state index contributed by atoms with van der Waals surface area (Å²) in [4.78, 5) is 0. The van der Waals surface area contributed by atoms with E-state index in [0.717, 1.165) is 16.0 Å². The van der Waals surface area contributed by atoms with Crippen molar-refractivity contribution in [2.24, 2.45) is 0 Å². The van der Waals surface area contributed by atoms with Gasteiger partial charge in [-0.25, -0.2) is 0 Å². The van der Waals surface area contributed by atoms with Crippen molar-refractivity contribution in [3.05, 3.63) is 64.6 Å². The quantitative estimate of drug-likeness (QED) is 0.795. The number of hydrogen-bond acceptors (Lipinski definition) is 2. The summed E-state index contributed by atoms with van der Waals surface area (Å²) in [5.41, 5.74) is 1.27. The van der Waals surface area contributed by atoms with Gasteiger partial charge in [0.25, 0.3) is 0 Å². The Labute approximate surface area is 122 Å². The van der Waals surface area contributed by atoms with Crippen molar-refractivity contribution < 1.29 is 4.74 Å². The minimum Gasteiger partial charge on any atom is -0.493 e. The second-order valence-electron chi connectivity index (χ2n) is 4.06. The van der Waals surface area contributed by atoms with E-state index in [1.165, 1.54) is 5.56 Å². The van der Waals surface area contributed by atoms with E-state index in [9.17, 15) is 0 Å². The molecule has 2 aromatic rings. The van der Waals surface area contributed by atoms with Crippen LogP contribution in [0.15, 0.2) is 59.1 Å². The van der Waals surface area contributed by atoms with E-state index in [4.69, 9.17) is 4.74 Å². The number of thiol groups is 1. The number of benzene rings is 2. The Kier molecular flexibility index (Phi) is 5.14. The average molecular weight is 323 g/mol. The molecular weight excluding hydrogens is 308 g/mol. The molecule has 0 spiro atoms.